The number of nitrogens with zero attached hydrogens (tertiary/aromatic N) is 1. The van der Waals surface area contributed by atoms with Crippen LogP contribution in [0.3, 0.4) is 0 Å². The van der Waals surface area contributed by atoms with E-state index >= 15 is 0 Å². The number of pyridine rings is 1. The zero-order valence-corrected chi connectivity index (χ0v) is 10.3. The van der Waals surface area contributed by atoms with Gasteiger partial charge in [0.25, 0.3) is 0 Å². The third-order valence-electron chi connectivity index (χ3n) is 2.79. The van der Waals surface area contributed by atoms with Crippen LogP contribution >= 0.6 is 0 Å². The van der Waals surface area contributed by atoms with Gasteiger partial charge in [0.05, 0.1) is 7.11 Å². The molecule has 0 atom stereocenters. The first-order valence-electron chi connectivity index (χ1n) is 5.52. The van der Waals surface area contributed by atoms with Crippen molar-refractivity contribution in [3.63, 3.8) is 0 Å². The number of rotatable bonds is 3. The van der Waals surface area contributed by atoms with E-state index in [-0.39, 0.29) is 5.78 Å². The fourth-order valence-corrected chi connectivity index (χ4v) is 1.72. The number of hydrogen-bond donors (Lipinski definition) is 1. The molecule has 0 spiro atoms. The summed E-state index contributed by atoms with van der Waals surface area (Å²) in [5.41, 5.74) is 8.18. The topological polar surface area (TPSA) is 65.2 Å². The van der Waals surface area contributed by atoms with E-state index in [2.05, 4.69) is 4.98 Å². The van der Waals surface area contributed by atoms with Crippen molar-refractivity contribution in [3.8, 4) is 5.75 Å². The molecular weight excluding hydrogens is 228 g/mol. The molecule has 0 aliphatic heterocycles. The van der Waals surface area contributed by atoms with Crippen LogP contribution in [0.25, 0.3) is 0 Å². The minimum Gasteiger partial charge on any atom is -0.497 e. The standard InChI is InChI=1S/C14H14N2O2/c1-9-5-6-16-8-12(9)14(17)11-4-3-10(18-2)7-13(11)15/h3-8H,15H2,1-2H3. The molecule has 0 saturated heterocycles. The molecule has 1 aromatic heterocycles. The van der Waals surface area contributed by atoms with Gasteiger partial charge in [0.2, 0.25) is 0 Å². The van der Waals surface area contributed by atoms with E-state index in [1.165, 1.54) is 0 Å². The van der Waals surface area contributed by atoms with Crippen molar-refractivity contribution in [2.24, 2.45) is 0 Å². The smallest absolute Gasteiger partial charge is 0.196 e. The van der Waals surface area contributed by atoms with Gasteiger partial charge in [-0.2, -0.15) is 0 Å². The van der Waals surface area contributed by atoms with E-state index in [0.29, 0.717) is 22.6 Å². The van der Waals surface area contributed by atoms with Crippen LogP contribution in [0.15, 0.2) is 36.7 Å². The number of aryl methyl sites for hydroxylation is 1. The van der Waals surface area contributed by atoms with Crippen molar-refractivity contribution in [2.75, 3.05) is 12.8 Å². The zero-order chi connectivity index (χ0) is 13.1. The van der Waals surface area contributed by atoms with Gasteiger partial charge in [-0.1, -0.05) is 0 Å². The Balaban J connectivity index is 2.44. The first-order valence-corrected chi connectivity index (χ1v) is 5.52. The second kappa shape index (κ2) is 4.87. The highest BCUT2D eigenvalue weighted by atomic mass is 16.5. The van der Waals surface area contributed by atoms with Crippen LogP contribution in [0.5, 0.6) is 5.75 Å². The van der Waals surface area contributed by atoms with Gasteiger partial charge in [-0.25, -0.2) is 0 Å². The number of methoxy groups -OCH3 is 1. The summed E-state index contributed by atoms with van der Waals surface area (Å²) < 4.78 is 5.06. The number of hydrogen-bond acceptors (Lipinski definition) is 4. The van der Waals surface area contributed by atoms with Gasteiger partial charge in [-0.15, -0.1) is 0 Å². The number of ether oxygens (including phenoxy) is 1. The summed E-state index contributed by atoms with van der Waals surface area (Å²) in [5.74, 6) is 0.507. The van der Waals surface area contributed by atoms with Crippen molar-refractivity contribution in [1.29, 1.82) is 0 Å². The van der Waals surface area contributed by atoms with Gasteiger partial charge in [0.1, 0.15) is 5.75 Å². The van der Waals surface area contributed by atoms with Gasteiger partial charge >= 0.3 is 0 Å². The molecule has 2 rings (SSSR count). The quantitative estimate of drug-likeness (QED) is 0.662. The molecule has 2 N–H and O–H groups in total. The molecule has 0 aliphatic rings. The summed E-state index contributed by atoms with van der Waals surface area (Å²) >= 11 is 0. The van der Waals surface area contributed by atoms with Crippen molar-refractivity contribution >= 4 is 11.5 Å². The fraction of sp³-hybridized carbons (Fsp3) is 0.143. The number of carbonyl (C=O) groups is 1. The van der Waals surface area contributed by atoms with Crippen molar-refractivity contribution in [1.82, 2.24) is 4.98 Å². The minimum absolute atomic E-state index is 0.124. The Morgan fingerprint density at radius 2 is 2.06 bits per heavy atom. The van der Waals surface area contributed by atoms with Gasteiger partial charge in [-0.05, 0) is 30.7 Å². The second-order valence-corrected chi connectivity index (χ2v) is 3.97. The Morgan fingerprint density at radius 3 is 2.67 bits per heavy atom. The van der Waals surface area contributed by atoms with E-state index in [1.807, 2.05) is 6.92 Å². The summed E-state index contributed by atoms with van der Waals surface area (Å²) in [5, 5.41) is 0. The van der Waals surface area contributed by atoms with Crippen LogP contribution in [0.1, 0.15) is 21.5 Å². The normalized spacial score (nSPS) is 10.1. The maximum absolute atomic E-state index is 12.3. The largest absolute Gasteiger partial charge is 0.497 e. The van der Waals surface area contributed by atoms with Gasteiger partial charge in [-0.3, -0.25) is 9.78 Å². The molecule has 4 nitrogen and oxygen atoms in total. The van der Waals surface area contributed by atoms with Crippen LogP contribution in [0.2, 0.25) is 0 Å². The Morgan fingerprint density at radius 1 is 1.28 bits per heavy atom. The molecular formula is C14H14N2O2. The molecule has 18 heavy (non-hydrogen) atoms. The lowest BCUT2D eigenvalue weighted by Crippen LogP contribution is -2.07. The Bertz CT molecular complexity index is 594. The van der Waals surface area contributed by atoms with Gasteiger partial charge in [0.15, 0.2) is 5.78 Å². The van der Waals surface area contributed by atoms with E-state index < -0.39 is 0 Å². The van der Waals surface area contributed by atoms with E-state index in [9.17, 15) is 4.79 Å². The van der Waals surface area contributed by atoms with E-state index in [4.69, 9.17) is 10.5 Å². The average molecular weight is 242 g/mol. The monoisotopic (exact) mass is 242 g/mol. The van der Waals surface area contributed by atoms with Crippen LogP contribution in [-0.2, 0) is 0 Å². The highest BCUT2D eigenvalue weighted by molar-refractivity contribution is 6.12. The number of benzene rings is 1. The Hall–Kier alpha value is -2.36. The van der Waals surface area contributed by atoms with E-state index in [0.717, 1.165) is 5.56 Å². The summed E-state index contributed by atoms with van der Waals surface area (Å²) in [6.07, 6.45) is 3.21. The SMILES string of the molecule is COc1ccc(C(=O)c2cnccc2C)c(N)c1. The molecule has 92 valence electrons. The zero-order valence-electron chi connectivity index (χ0n) is 10.3. The number of nitrogens with two attached hydrogens (primary N) is 1. The molecule has 0 fully saturated rings. The van der Waals surface area contributed by atoms with Crippen molar-refractivity contribution < 1.29 is 9.53 Å². The van der Waals surface area contributed by atoms with Gasteiger partial charge in [0, 0.05) is 35.3 Å². The fourth-order valence-electron chi connectivity index (χ4n) is 1.72. The lowest BCUT2D eigenvalue weighted by Gasteiger charge is -2.08. The molecule has 0 aliphatic carbocycles. The highest BCUT2D eigenvalue weighted by Crippen LogP contribution is 2.23. The summed E-state index contributed by atoms with van der Waals surface area (Å²) in [7, 11) is 1.56. The number of carbonyl (C=O) groups excluding carboxylic acids is 1. The van der Waals surface area contributed by atoms with E-state index in [1.54, 1.807) is 43.8 Å². The predicted molar refractivity (Wildman–Crippen MR) is 69.8 cm³/mol. The molecule has 2 aromatic rings. The number of ketones is 1. The third-order valence-corrected chi connectivity index (χ3v) is 2.79. The molecule has 0 amide bonds. The predicted octanol–water partition coefficient (Wildman–Crippen LogP) is 2.21. The minimum atomic E-state index is -0.124. The molecule has 0 unspecified atom stereocenters. The molecule has 1 aromatic carbocycles. The van der Waals surface area contributed by atoms with Crippen molar-refractivity contribution in [2.45, 2.75) is 6.92 Å². The summed E-state index contributed by atoms with van der Waals surface area (Å²) in [6.45, 7) is 1.87. The number of anilines is 1. The lowest BCUT2D eigenvalue weighted by atomic mass is 10.00. The van der Waals surface area contributed by atoms with Gasteiger partial charge < -0.3 is 10.5 Å². The summed E-state index contributed by atoms with van der Waals surface area (Å²) in [4.78, 5) is 16.3. The second-order valence-electron chi connectivity index (χ2n) is 3.97. The van der Waals surface area contributed by atoms with Crippen LogP contribution < -0.4 is 10.5 Å². The van der Waals surface area contributed by atoms with Crippen LogP contribution in [0.4, 0.5) is 5.69 Å². The Labute approximate surface area is 105 Å². The molecule has 1 heterocycles. The average Bonchev–Trinajstić information content (AvgIpc) is 2.38. The maximum Gasteiger partial charge on any atom is 0.196 e. The maximum atomic E-state index is 12.3. The lowest BCUT2D eigenvalue weighted by molar-refractivity contribution is 0.103. The van der Waals surface area contributed by atoms with Crippen molar-refractivity contribution in [3.05, 3.63) is 53.3 Å². The molecule has 0 saturated carbocycles. The molecule has 0 bridgehead atoms. The first-order chi connectivity index (χ1) is 8.63. The summed E-state index contributed by atoms with van der Waals surface area (Å²) in [6, 6.07) is 6.82. The van der Waals surface area contributed by atoms with Crippen LogP contribution in [0, 0.1) is 6.92 Å². The van der Waals surface area contributed by atoms with Crippen LogP contribution in [-0.4, -0.2) is 17.9 Å². The first kappa shape index (κ1) is 12.1. The molecule has 4 heteroatoms. The third kappa shape index (κ3) is 2.18. The molecule has 0 radical (unpaired) electrons. The number of nitrogen functional groups attached to an aromatic ring is 1. The Kier molecular flexibility index (Phi) is 3.28. The number of aromatic nitrogens is 1. The highest BCUT2D eigenvalue weighted by Gasteiger charge is 2.15.